The van der Waals surface area contributed by atoms with Gasteiger partial charge in [-0.1, -0.05) is 18.2 Å². The summed E-state index contributed by atoms with van der Waals surface area (Å²) < 4.78 is 4.29. The summed E-state index contributed by atoms with van der Waals surface area (Å²) in [6, 6.07) is 10.5. The Morgan fingerprint density at radius 3 is 2.81 bits per heavy atom. The summed E-state index contributed by atoms with van der Waals surface area (Å²) in [5.74, 6) is 1.38. The number of hydrogen-bond acceptors (Lipinski definition) is 5. The van der Waals surface area contributed by atoms with Gasteiger partial charge in [0.2, 0.25) is 0 Å². The fourth-order valence-corrected chi connectivity index (χ4v) is 3.36. The van der Waals surface area contributed by atoms with Gasteiger partial charge in [-0.2, -0.15) is 4.37 Å². The summed E-state index contributed by atoms with van der Waals surface area (Å²) in [4.78, 5) is 2.28. The summed E-state index contributed by atoms with van der Waals surface area (Å²) in [6.45, 7) is 1.99. The van der Waals surface area contributed by atoms with Crippen molar-refractivity contribution in [2.75, 3.05) is 36.1 Å². The van der Waals surface area contributed by atoms with E-state index in [2.05, 4.69) is 45.9 Å². The molecule has 0 unspecified atom stereocenters. The summed E-state index contributed by atoms with van der Waals surface area (Å²) in [5, 5.41) is 4.69. The van der Waals surface area contributed by atoms with E-state index in [9.17, 15) is 0 Å². The standard InChI is InChI=1S/C16H22N4S/c1-20(13-6-3-2-4-7-13)11-5-10-18-16-14(12-8-9-12)15(17)19-21-16/h2-4,6-7,12,18H,5,8-11H2,1H3,(H2,17,19). The molecule has 1 aromatic carbocycles. The van der Waals surface area contributed by atoms with Crippen molar-refractivity contribution in [1.29, 1.82) is 0 Å². The third kappa shape index (κ3) is 3.47. The van der Waals surface area contributed by atoms with Gasteiger partial charge in [-0.25, -0.2) is 0 Å². The van der Waals surface area contributed by atoms with Crippen molar-refractivity contribution < 1.29 is 0 Å². The van der Waals surface area contributed by atoms with Gasteiger partial charge in [-0.3, -0.25) is 0 Å². The highest BCUT2D eigenvalue weighted by molar-refractivity contribution is 7.10. The Morgan fingerprint density at radius 1 is 1.33 bits per heavy atom. The van der Waals surface area contributed by atoms with E-state index in [0.29, 0.717) is 5.92 Å². The normalized spacial score (nSPS) is 14.1. The summed E-state index contributed by atoms with van der Waals surface area (Å²) in [5.41, 5.74) is 8.48. The van der Waals surface area contributed by atoms with E-state index < -0.39 is 0 Å². The van der Waals surface area contributed by atoms with Gasteiger partial charge in [0, 0.05) is 31.4 Å². The van der Waals surface area contributed by atoms with Gasteiger partial charge in [0.05, 0.1) is 0 Å². The number of nitrogens with one attached hydrogen (secondary N) is 1. The molecule has 5 heteroatoms. The zero-order chi connectivity index (χ0) is 14.7. The number of rotatable bonds is 7. The predicted molar refractivity (Wildman–Crippen MR) is 91.3 cm³/mol. The Kier molecular flexibility index (Phi) is 4.29. The van der Waals surface area contributed by atoms with Crippen molar-refractivity contribution in [3.63, 3.8) is 0 Å². The molecule has 4 nitrogen and oxygen atoms in total. The van der Waals surface area contributed by atoms with E-state index in [-0.39, 0.29) is 0 Å². The number of nitrogens with zero attached hydrogens (tertiary/aromatic N) is 2. The highest BCUT2D eigenvalue weighted by Crippen LogP contribution is 2.47. The van der Waals surface area contributed by atoms with Crippen molar-refractivity contribution in [3.8, 4) is 0 Å². The molecule has 0 spiro atoms. The Morgan fingerprint density at radius 2 is 2.10 bits per heavy atom. The SMILES string of the molecule is CN(CCCNc1snc(N)c1C1CC1)c1ccccc1. The van der Waals surface area contributed by atoms with Crippen molar-refractivity contribution in [1.82, 2.24) is 4.37 Å². The minimum absolute atomic E-state index is 0.651. The molecule has 1 aromatic heterocycles. The lowest BCUT2D eigenvalue weighted by molar-refractivity contribution is 0.817. The average molecular weight is 302 g/mol. The second kappa shape index (κ2) is 6.35. The van der Waals surface area contributed by atoms with Crippen LogP contribution in [0.4, 0.5) is 16.5 Å². The molecule has 1 heterocycles. The second-order valence-electron chi connectivity index (χ2n) is 5.62. The molecule has 0 amide bonds. The van der Waals surface area contributed by atoms with Crippen molar-refractivity contribution in [2.45, 2.75) is 25.2 Å². The van der Waals surface area contributed by atoms with Crippen molar-refractivity contribution >= 4 is 28.0 Å². The van der Waals surface area contributed by atoms with Crippen LogP contribution in [0.2, 0.25) is 0 Å². The monoisotopic (exact) mass is 302 g/mol. The van der Waals surface area contributed by atoms with Crippen LogP contribution in [-0.2, 0) is 0 Å². The van der Waals surface area contributed by atoms with E-state index >= 15 is 0 Å². The van der Waals surface area contributed by atoms with Crippen LogP contribution in [0.3, 0.4) is 0 Å². The minimum Gasteiger partial charge on any atom is -0.383 e. The van der Waals surface area contributed by atoms with Gasteiger partial charge in [0.25, 0.3) is 0 Å². The molecule has 3 N–H and O–H groups in total. The first-order valence-corrected chi connectivity index (χ1v) is 8.28. The van der Waals surface area contributed by atoms with E-state index in [1.807, 2.05) is 6.07 Å². The first kappa shape index (κ1) is 14.2. The lowest BCUT2D eigenvalue weighted by atomic mass is 10.2. The third-order valence-corrected chi connectivity index (χ3v) is 4.73. The van der Waals surface area contributed by atoms with Crippen molar-refractivity contribution in [2.24, 2.45) is 0 Å². The first-order valence-electron chi connectivity index (χ1n) is 7.51. The largest absolute Gasteiger partial charge is 0.383 e. The van der Waals surface area contributed by atoms with Gasteiger partial charge in [-0.05, 0) is 48.8 Å². The number of anilines is 3. The summed E-state index contributed by atoms with van der Waals surface area (Å²) in [7, 11) is 2.13. The van der Waals surface area contributed by atoms with E-state index in [0.717, 1.165) is 25.3 Å². The zero-order valence-electron chi connectivity index (χ0n) is 12.4. The topological polar surface area (TPSA) is 54.2 Å². The molecule has 0 atom stereocenters. The molecular weight excluding hydrogens is 280 g/mol. The molecule has 1 fully saturated rings. The quantitative estimate of drug-likeness (QED) is 0.768. The van der Waals surface area contributed by atoms with Crippen LogP contribution in [0.1, 0.15) is 30.7 Å². The second-order valence-corrected chi connectivity index (χ2v) is 6.40. The maximum Gasteiger partial charge on any atom is 0.142 e. The Balaban J connectivity index is 1.46. The maximum atomic E-state index is 5.96. The van der Waals surface area contributed by atoms with Crippen LogP contribution in [0.5, 0.6) is 0 Å². The summed E-state index contributed by atoms with van der Waals surface area (Å²) >= 11 is 1.50. The number of aromatic nitrogens is 1. The molecule has 1 aliphatic rings. The third-order valence-electron chi connectivity index (χ3n) is 3.89. The molecule has 1 aliphatic carbocycles. The van der Waals surface area contributed by atoms with Gasteiger partial charge < -0.3 is 16.0 Å². The predicted octanol–water partition coefficient (Wildman–Crippen LogP) is 3.54. The molecule has 21 heavy (non-hydrogen) atoms. The molecule has 1 saturated carbocycles. The van der Waals surface area contributed by atoms with E-state index in [1.54, 1.807) is 0 Å². The van der Waals surface area contributed by atoms with Crippen LogP contribution < -0.4 is 16.0 Å². The molecule has 2 aromatic rings. The van der Waals surface area contributed by atoms with Crippen LogP contribution in [0.15, 0.2) is 30.3 Å². The fraction of sp³-hybridized carbons (Fsp3) is 0.438. The fourth-order valence-electron chi connectivity index (χ4n) is 2.53. The van der Waals surface area contributed by atoms with Gasteiger partial charge in [0.15, 0.2) is 0 Å². The summed E-state index contributed by atoms with van der Waals surface area (Å²) in [6.07, 6.45) is 3.61. The maximum absolute atomic E-state index is 5.96. The molecular formula is C16H22N4S. The molecule has 0 radical (unpaired) electrons. The number of benzene rings is 1. The minimum atomic E-state index is 0.651. The molecule has 0 bridgehead atoms. The number of nitrogens with two attached hydrogens (primary N) is 1. The highest BCUT2D eigenvalue weighted by atomic mass is 32.1. The average Bonchev–Trinajstić information content (AvgIpc) is 3.28. The first-order chi connectivity index (χ1) is 10.3. The number of hydrogen-bond donors (Lipinski definition) is 2. The lowest BCUT2D eigenvalue weighted by Gasteiger charge is -2.19. The smallest absolute Gasteiger partial charge is 0.142 e. The van der Waals surface area contributed by atoms with E-state index in [4.69, 9.17) is 5.73 Å². The molecule has 0 aliphatic heterocycles. The van der Waals surface area contributed by atoms with Gasteiger partial charge >= 0.3 is 0 Å². The van der Waals surface area contributed by atoms with Gasteiger partial charge in [0.1, 0.15) is 10.8 Å². The van der Waals surface area contributed by atoms with Crippen LogP contribution in [0.25, 0.3) is 0 Å². The Hall–Kier alpha value is -1.75. The van der Waals surface area contributed by atoms with Crippen LogP contribution in [-0.4, -0.2) is 24.5 Å². The molecule has 112 valence electrons. The lowest BCUT2D eigenvalue weighted by Crippen LogP contribution is -2.20. The van der Waals surface area contributed by atoms with Crippen LogP contribution in [0, 0.1) is 0 Å². The van der Waals surface area contributed by atoms with Crippen LogP contribution >= 0.6 is 11.5 Å². The van der Waals surface area contributed by atoms with Gasteiger partial charge in [-0.15, -0.1) is 0 Å². The highest BCUT2D eigenvalue weighted by Gasteiger charge is 2.30. The Labute approximate surface area is 130 Å². The zero-order valence-corrected chi connectivity index (χ0v) is 13.2. The Bertz CT molecular complexity index is 577. The van der Waals surface area contributed by atoms with E-state index in [1.165, 1.54) is 40.6 Å². The molecule has 3 rings (SSSR count). The number of nitrogen functional groups attached to an aromatic ring is 1. The number of para-hydroxylation sites is 1. The van der Waals surface area contributed by atoms with Crippen molar-refractivity contribution in [3.05, 3.63) is 35.9 Å². The molecule has 0 saturated heterocycles.